The number of pyridine rings is 1. The molecule has 0 aliphatic carbocycles. The van der Waals surface area contributed by atoms with Gasteiger partial charge in [0.25, 0.3) is 5.91 Å². The van der Waals surface area contributed by atoms with Gasteiger partial charge < -0.3 is 16.4 Å². The first-order valence-corrected chi connectivity index (χ1v) is 6.38. The third kappa shape index (κ3) is 4.00. The third-order valence-electron chi connectivity index (χ3n) is 2.66. The lowest BCUT2D eigenvalue weighted by Gasteiger charge is -2.10. The predicted molar refractivity (Wildman–Crippen MR) is 73.8 cm³/mol. The number of carbonyl (C=O) groups is 1. The van der Waals surface area contributed by atoms with E-state index in [0.717, 1.165) is 31.5 Å². The van der Waals surface area contributed by atoms with Gasteiger partial charge in [0, 0.05) is 19.3 Å². The third-order valence-corrected chi connectivity index (χ3v) is 2.66. The molecule has 4 N–H and O–H groups in total. The summed E-state index contributed by atoms with van der Waals surface area (Å²) in [6.07, 6.45) is 2.91. The van der Waals surface area contributed by atoms with Crippen molar-refractivity contribution in [3.05, 3.63) is 23.4 Å². The van der Waals surface area contributed by atoms with Crippen molar-refractivity contribution in [1.29, 1.82) is 0 Å². The topological polar surface area (TPSA) is 80.0 Å². The number of unbranched alkanes of at least 4 members (excludes halogenated alkanes) is 1. The number of anilines is 1. The lowest BCUT2D eigenvalue weighted by Crippen LogP contribution is -2.20. The van der Waals surface area contributed by atoms with Crippen LogP contribution in [0.15, 0.2) is 12.1 Å². The average molecular weight is 250 g/mol. The molecule has 0 aliphatic rings. The van der Waals surface area contributed by atoms with E-state index in [1.807, 2.05) is 19.1 Å². The highest BCUT2D eigenvalue weighted by Crippen LogP contribution is 2.14. The molecule has 0 aromatic carbocycles. The van der Waals surface area contributed by atoms with E-state index >= 15 is 0 Å². The number of carbonyl (C=O) groups excluding carboxylic acids is 1. The summed E-state index contributed by atoms with van der Waals surface area (Å²) in [6.45, 7) is 3.43. The summed E-state index contributed by atoms with van der Waals surface area (Å²) in [6, 6.07) is 3.73. The van der Waals surface area contributed by atoms with Gasteiger partial charge in [-0.3, -0.25) is 4.79 Å². The Hall–Kier alpha value is -1.62. The van der Waals surface area contributed by atoms with Gasteiger partial charge in [0.2, 0.25) is 0 Å². The number of aromatic nitrogens is 1. The fraction of sp³-hybridized carbons (Fsp3) is 0.538. The number of hydrogen-bond donors (Lipinski definition) is 3. The van der Waals surface area contributed by atoms with Crippen molar-refractivity contribution in [2.24, 2.45) is 5.73 Å². The highest BCUT2D eigenvalue weighted by Gasteiger charge is 2.11. The number of nitrogens with two attached hydrogens (primary N) is 1. The van der Waals surface area contributed by atoms with E-state index < -0.39 is 0 Å². The van der Waals surface area contributed by atoms with Crippen LogP contribution in [0.25, 0.3) is 0 Å². The van der Waals surface area contributed by atoms with E-state index in [1.165, 1.54) is 0 Å². The summed E-state index contributed by atoms with van der Waals surface area (Å²) < 4.78 is 0. The Balaban J connectivity index is 2.85. The summed E-state index contributed by atoms with van der Waals surface area (Å²) in [5, 5.41) is 5.74. The van der Waals surface area contributed by atoms with Crippen LogP contribution in [-0.4, -0.2) is 31.0 Å². The van der Waals surface area contributed by atoms with Crippen molar-refractivity contribution in [3.63, 3.8) is 0 Å². The van der Waals surface area contributed by atoms with Crippen LogP contribution in [0.3, 0.4) is 0 Å². The largest absolute Gasteiger partial charge is 0.370 e. The molecule has 0 radical (unpaired) electrons. The molecule has 0 saturated heterocycles. The Morgan fingerprint density at radius 2 is 2.17 bits per heavy atom. The first kappa shape index (κ1) is 14.4. The molecule has 18 heavy (non-hydrogen) atoms. The Bertz CT molecular complexity index is 393. The zero-order valence-corrected chi connectivity index (χ0v) is 11.1. The van der Waals surface area contributed by atoms with Gasteiger partial charge in [-0.1, -0.05) is 0 Å². The second-order valence-corrected chi connectivity index (χ2v) is 4.05. The molecule has 100 valence electrons. The van der Waals surface area contributed by atoms with Gasteiger partial charge in [0.1, 0.15) is 5.82 Å². The molecule has 0 atom stereocenters. The molecule has 0 fully saturated rings. The van der Waals surface area contributed by atoms with Crippen LogP contribution in [0.1, 0.15) is 35.8 Å². The van der Waals surface area contributed by atoms with Crippen molar-refractivity contribution in [2.45, 2.75) is 26.2 Å². The molecule has 0 aliphatic heterocycles. The van der Waals surface area contributed by atoms with Crippen molar-refractivity contribution in [1.82, 2.24) is 10.3 Å². The second kappa shape index (κ2) is 7.66. The Kier molecular flexibility index (Phi) is 6.14. The quantitative estimate of drug-likeness (QED) is 0.634. The minimum absolute atomic E-state index is 0.119. The van der Waals surface area contributed by atoms with E-state index in [2.05, 4.69) is 15.6 Å². The van der Waals surface area contributed by atoms with Gasteiger partial charge in [-0.25, -0.2) is 4.98 Å². The maximum absolute atomic E-state index is 11.7. The zero-order chi connectivity index (χ0) is 13.4. The van der Waals surface area contributed by atoms with Gasteiger partial charge in [-0.2, -0.15) is 0 Å². The maximum atomic E-state index is 11.7. The molecule has 5 heteroatoms. The first-order chi connectivity index (χ1) is 8.72. The standard InChI is InChI=1S/C13H22N4O/c1-3-16-12-11(13(18)15-2)8-7-10(17-12)6-4-5-9-14/h7-8H,3-6,9,14H2,1-2H3,(H,15,18)(H,16,17). The number of rotatable bonds is 7. The van der Waals surface area contributed by atoms with Crippen molar-refractivity contribution >= 4 is 11.7 Å². The van der Waals surface area contributed by atoms with Crippen molar-refractivity contribution < 1.29 is 4.79 Å². The van der Waals surface area contributed by atoms with Crippen LogP contribution in [-0.2, 0) is 6.42 Å². The highest BCUT2D eigenvalue weighted by molar-refractivity contribution is 5.98. The summed E-state index contributed by atoms with van der Waals surface area (Å²) in [5.41, 5.74) is 7.04. The molecule has 1 amide bonds. The van der Waals surface area contributed by atoms with Crippen LogP contribution >= 0.6 is 0 Å². The van der Waals surface area contributed by atoms with Gasteiger partial charge in [0.15, 0.2) is 0 Å². The number of amides is 1. The number of hydrogen-bond acceptors (Lipinski definition) is 4. The second-order valence-electron chi connectivity index (χ2n) is 4.05. The zero-order valence-electron chi connectivity index (χ0n) is 11.1. The summed E-state index contributed by atoms with van der Waals surface area (Å²) >= 11 is 0. The molecule has 0 saturated carbocycles. The monoisotopic (exact) mass is 250 g/mol. The fourth-order valence-corrected chi connectivity index (χ4v) is 1.71. The Morgan fingerprint density at radius 3 is 2.78 bits per heavy atom. The van der Waals surface area contributed by atoms with Gasteiger partial charge in [0.05, 0.1) is 5.56 Å². The SMILES string of the molecule is CCNc1nc(CCCCN)ccc1C(=O)NC. The molecular formula is C13H22N4O. The summed E-state index contributed by atoms with van der Waals surface area (Å²) in [4.78, 5) is 16.2. The number of aryl methyl sites for hydroxylation is 1. The van der Waals surface area contributed by atoms with Gasteiger partial charge in [-0.15, -0.1) is 0 Å². The van der Waals surface area contributed by atoms with Crippen molar-refractivity contribution in [2.75, 3.05) is 25.5 Å². The van der Waals surface area contributed by atoms with E-state index in [9.17, 15) is 4.79 Å². The molecule has 0 unspecified atom stereocenters. The Morgan fingerprint density at radius 1 is 1.39 bits per heavy atom. The molecule has 1 aromatic heterocycles. The normalized spacial score (nSPS) is 10.2. The molecule has 0 bridgehead atoms. The molecule has 1 aromatic rings. The average Bonchev–Trinajstić information content (AvgIpc) is 2.39. The van der Waals surface area contributed by atoms with Crippen LogP contribution in [0, 0.1) is 0 Å². The molecule has 1 heterocycles. The maximum Gasteiger partial charge on any atom is 0.254 e. The van der Waals surface area contributed by atoms with Crippen molar-refractivity contribution in [3.8, 4) is 0 Å². The predicted octanol–water partition coefficient (Wildman–Crippen LogP) is 1.15. The van der Waals surface area contributed by atoms with E-state index in [1.54, 1.807) is 7.05 Å². The Labute approximate surface area is 108 Å². The first-order valence-electron chi connectivity index (χ1n) is 6.38. The van der Waals surface area contributed by atoms with Gasteiger partial charge in [-0.05, 0) is 44.9 Å². The fourth-order valence-electron chi connectivity index (χ4n) is 1.71. The molecule has 1 rings (SSSR count). The van der Waals surface area contributed by atoms with E-state index in [4.69, 9.17) is 5.73 Å². The summed E-state index contributed by atoms with van der Waals surface area (Å²) in [5.74, 6) is 0.536. The van der Waals surface area contributed by atoms with Crippen LogP contribution in [0.4, 0.5) is 5.82 Å². The number of nitrogens with zero attached hydrogens (tertiary/aromatic N) is 1. The molecule has 0 spiro atoms. The lowest BCUT2D eigenvalue weighted by molar-refractivity contribution is 0.0963. The van der Waals surface area contributed by atoms with Gasteiger partial charge >= 0.3 is 0 Å². The van der Waals surface area contributed by atoms with Crippen LogP contribution in [0.2, 0.25) is 0 Å². The van der Waals surface area contributed by atoms with Crippen LogP contribution < -0.4 is 16.4 Å². The lowest BCUT2D eigenvalue weighted by atomic mass is 10.1. The minimum atomic E-state index is -0.119. The smallest absolute Gasteiger partial charge is 0.254 e. The van der Waals surface area contributed by atoms with E-state index in [0.29, 0.717) is 17.9 Å². The number of nitrogens with one attached hydrogen (secondary N) is 2. The molecule has 5 nitrogen and oxygen atoms in total. The minimum Gasteiger partial charge on any atom is -0.370 e. The van der Waals surface area contributed by atoms with E-state index in [-0.39, 0.29) is 5.91 Å². The summed E-state index contributed by atoms with van der Waals surface area (Å²) in [7, 11) is 1.62. The highest BCUT2D eigenvalue weighted by atomic mass is 16.1. The van der Waals surface area contributed by atoms with Crippen LogP contribution in [0.5, 0.6) is 0 Å². The molecular weight excluding hydrogens is 228 g/mol.